The van der Waals surface area contributed by atoms with E-state index in [1.807, 2.05) is 0 Å². The van der Waals surface area contributed by atoms with Gasteiger partial charge in [-0.3, -0.25) is 4.79 Å². The Kier molecular flexibility index (Phi) is 4.24. The van der Waals surface area contributed by atoms with Gasteiger partial charge < -0.3 is 15.0 Å². The summed E-state index contributed by atoms with van der Waals surface area (Å²) in [7, 11) is 1.71. The van der Waals surface area contributed by atoms with Crippen molar-refractivity contribution in [3.63, 3.8) is 0 Å². The summed E-state index contributed by atoms with van der Waals surface area (Å²) in [5.74, 6) is 1.96. The van der Waals surface area contributed by atoms with E-state index in [9.17, 15) is 4.79 Å². The summed E-state index contributed by atoms with van der Waals surface area (Å²) in [5, 5.41) is 3.27. The van der Waals surface area contributed by atoms with Crippen LogP contribution in [0.2, 0.25) is 0 Å². The Hall–Kier alpha value is -1.36. The van der Waals surface area contributed by atoms with Crippen LogP contribution in [0.1, 0.15) is 44.9 Å². The number of methoxy groups -OCH3 is 1. The Morgan fingerprint density at radius 3 is 2.89 bits per heavy atom. The van der Waals surface area contributed by atoms with Gasteiger partial charge in [0.25, 0.3) is 5.56 Å². The summed E-state index contributed by atoms with van der Waals surface area (Å²) in [5.41, 5.74) is 0.0362. The molecule has 0 aromatic carbocycles. The van der Waals surface area contributed by atoms with Crippen LogP contribution in [0.15, 0.2) is 10.9 Å². The van der Waals surface area contributed by atoms with E-state index in [4.69, 9.17) is 4.74 Å². The van der Waals surface area contributed by atoms with Gasteiger partial charge in [0.15, 0.2) is 0 Å². The molecule has 0 unspecified atom stereocenters. The van der Waals surface area contributed by atoms with Crippen molar-refractivity contribution in [3.05, 3.63) is 22.2 Å². The molecule has 0 amide bonds. The molecule has 1 saturated carbocycles. The summed E-state index contributed by atoms with van der Waals surface area (Å²) < 4.78 is 5.11. The Bertz CT molecular complexity index is 478. The summed E-state index contributed by atoms with van der Waals surface area (Å²) in [4.78, 5) is 18.9. The molecule has 2 N–H and O–H groups in total. The molecule has 19 heavy (non-hydrogen) atoms. The van der Waals surface area contributed by atoms with Crippen LogP contribution < -0.4 is 10.9 Å². The number of ether oxygens (including phenoxy) is 1. The zero-order valence-electron chi connectivity index (χ0n) is 12.0. The number of aromatic amines is 1. The quantitative estimate of drug-likeness (QED) is 0.792. The molecular formula is C14H23N3O2. The lowest BCUT2D eigenvalue weighted by Crippen LogP contribution is -2.26. The molecule has 1 aromatic rings. The summed E-state index contributed by atoms with van der Waals surface area (Å²) in [6.45, 7) is 5.86. The molecule has 1 fully saturated rings. The summed E-state index contributed by atoms with van der Waals surface area (Å²) in [6, 6.07) is 1.53. The van der Waals surface area contributed by atoms with E-state index in [0.717, 1.165) is 38.2 Å². The SMILES string of the molecule is COCCC(C)(C)CNc1cc(=O)[nH]c(C2CC2)n1. The number of rotatable bonds is 7. The maximum atomic E-state index is 11.6. The first-order valence-electron chi connectivity index (χ1n) is 6.84. The number of hydrogen-bond acceptors (Lipinski definition) is 4. The number of hydrogen-bond donors (Lipinski definition) is 2. The van der Waals surface area contributed by atoms with Gasteiger partial charge in [0, 0.05) is 32.2 Å². The van der Waals surface area contributed by atoms with Crippen molar-refractivity contribution in [3.8, 4) is 0 Å². The van der Waals surface area contributed by atoms with E-state index < -0.39 is 0 Å². The van der Waals surface area contributed by atoms with Crippen molar-refractivity contribution >= 4 is 5.82 Å². The Labute approximate surface area is 113 Å². The van der Waals surface area contributed by atoms with Crippen LogP contribution in [0.5, 0.6) is 0 Å². The molecule has 5 heteroatoms. The number of nitrogens with zero attached hydrogens (tertiary/aromatic N) is 1. The zero-order valence-corrected chi connectivity index (χ0v) is 12.0. The lowest BCUT2D eigenvalue weighted by atomic mass is 9.90. The van der Waals surface area contributed by atoms with Crippen LogP contribution in [0, 0.1) is 5.41 Å². The van der Waals surface area contributed by atoms with Crippen LogP contribution in [0.4, 0.5) is 5.82 Å². The van der Waals surface area contributed by atoms with E-state index >= 15 is 0 Å². The molecule has 1 heterocycles. The van der Waals surface area contributed by atoms with E-state index in [0.29, 0.717) is 11.7 Å². The first-order valence-corrected chi connectivity index (χ1v) is 6.84. The fourth-order valence-corrected chi connectivity index (χ4v) is 1.91. The highest BCUT2D eigenvalue weighted by atomic mass is 16.5. The maximum Gasteiger partial charge on any atom is 0.252 e. The molecule has 1 aliphatic carbocycles. The lowest BCUT2D eigenvalue weighted by Gasteiger charge is -2.24. The minimum absolute atomic E-state index is 0.0749. The molecule has 5 nitrogen and oxygen atoms in total. The average molecular weight is 265 g/mol. The highest BCUT2D eigenvalue weighted by Gasteiger charge is 2.26. The predicted octanol–water partition coefficient (Wildman–Crippen LogP) is 2.12. The third-order valence-electron chi connectivity index (χ3n) is 3.46. The van der Waals surface area contributed by atoms with Gasteiger partial charge in [-0.1, -0.05) is 13.8 Å². The summed E-state index contributed by atoms with van der Waals surface area (Å²) in [6.07, 6.45) is 3.23. The lowest BCUT2D eigenvalue weighted by molar-refractivity contribution is 0.157. The molecule has 1 aliphatic rings. The topological polar surface area (TPSA) is 67.0 Å². The second-order valence-electron chi connectivity index (χ2n) is 6.05. The molecule has 0 saturated heterocycles. The van der Waals surface area contributed by atoms with E-state index in [1.54, 1.807) is 7.11 Å². The molecule has 0 aliphatic heterocycles. The van der Waals surface area contributed by atoms with Gasteiger partial charge >= 0.3 is 0 Å². The minimum Gasteiger partial charge on any atom is -0.385 e. The van der Waals surface area contributed by atoms with Crippen molar-refractivity contribution in [2.45, 2.75) is 39.0 Å². The molecule has 0 bridgehead atoms. The Morgan fingerprint density at radius 1 is 1.53 bits per heavy atom. The van der Waals surface area contributed by atoms with E-state index in [-0.39, 0.29) is 11.0 Å². The number of nitrogens with one attached hydrogen (secondary N) is 2. The first-order chi connectivity index (χ1) is 9.00. The monoisotopic (exact) mass is 265 g/mol. The van der Waals surface area contributed by atoms with Gasteiger partial charge in [-0.15, -0.1) is 0 Å². The van der Waals surface area contributed by atoms with Crippen LogP contribution in [0.3, 0.4) is 0 Å². The predicted molar refractivity (Wildman–Crippen MR) is 75.6 cm³/mol. The van der Waals surface area contributed by atoms with Crippen LogP contribution >= 0.6 is 0 Å². The first kappa shape index (κ1) is 14.1. The van der Waals surface area contributed by atoms with Gasteiger partial charge in [0.2, 0.25) is 0 Å². The smallest absolute Gasteiger partial charge is 0.252 e. The standard InChI is InChI=1S/C14H23N3O2/c1-14(2,6-7-19-3)9-15-11-8-12(18)17-13(16-11)10-4-5-10/h8,10H,4-7,9H2,1-3H3,(H2,15,16,17,18). The fraction of sp³-hybridized carbons (Fsp3) is 0.714. The third-order valence-corrected chi connectivity index (χ3v) is 3.46. The molecule has 106 valence electrons. The molecule has 0 radical (unpaired) electrons. The van der Waals surface area contributed by atoms with Gasteiger partial charge in [-0.25, -0.2) is 4.98 Å². The molecule has 0 atom stereocenters. The van der Waals surface area contributed by atoms with E-state index in [1.165, 1.54) is 6.07 Å². The Morgan fingerprint density at radius 2 is 2.26 bits per heavy atom. The Balaban J connectivity index is 1.97. The fourth-order valence-electron chi connectivity index (χ4n) is 1.91. The molecule has 2 rings (SSSR count). The normalized spacial score (nSPS) is 15.5. The van der Waals surface area contributed by atoms with Crippen molar-refractivity contribution < 1.29 is 4.74 Å². The minimum atomic E-state index is -0.0749. The van der Waals surface area contributed by atoms with Crippen LogP contribution in [-0.4, -0.2) is 30.2 Å². The number of H-pyrrole nitrogens is 1. The molecule has 0 spiro atoms. The van der Waals surface area contributed by atoms with Crippen LogP contribution in [-0.2, 0) is 4.74 Å². The van der Waals surface area contributed by atoms with Gasteiger partial charge in [-0.05, 0) is 24.7 Å². The van der Waals surface area contributed by atoms with Gasteiger partial charge in [-0.2, -0.15) is 0 Å². The number of anilines is 1. The highest BCUT2D eigenvalue weighted by Crippen LogP contribution is 2.37. The van der Waals surface area contributed by atoms with Crippen LogP contribution in [0.25, 0.3) is 0 Å². The van der Waals surface area contributed by atoms with Crippen molar-refractivity contribution in [2.24, 2.45) is 5.41 Å². The highest BCUT2D eigenvalue weighted by molar-refractivity contribution is 5.34. The molecular weight excluding hydrogens is 242 g/mol. The van der Waals surface area contributed by atoms with Gasteiger partial charge in [0.1, 0.15) is 11.6 Å². The van der Waals surface area contributed by atoms with Crippen molar-refractivity contribution in [2.75, 3.05) is 25.6 Å². The number of aromatic nitrogens is 2. The summed E-state index contributed by atoms with van der Waals surface area (Å²) >= 11 is 0. The van der Waals surface area contributed by atoms with Crippen molar-refractivity contribution in [1.82, 2.24) is 9.97 Å². The maximum absolute atomic E-state index is 11.6. The van der Waals surface area contributed by atoms with Gasteiger partial charge in [0.05, 0.1) is 0 Å². The van der Waals surface area contributed by atoms with E-state index in [2.05, 4.69) is 29.1 Å². The van der Waals surface area contributed by atoms with Crippen molar-refractivity contribution in [1.29, 1.82) is 0 Å². The average Bonchev–Trinajstić information content (AvgIpc) is 3.18. The molecule has 1 aromatic heterocycles. The zero-order chi connectivity index (χ0) is 13.9. The third kappa shape index (κ3) is 4.35. The second-order valence-corrected chi connectivity index (χ2v) is 6.05. The largest absolute Gasteiger partial charge is 0.385 e. The second kappa shape index (κ2) is 5.74.